The van der Waals surface area contributed by atoms with E-state index in [9.17, 15) is 5.11 Å². The molecule has 1 aliphatic rings. The number of phenols is 1. The van der Waals surface area contributed by atoms with Crippen LogP contribution in [0.15, 0.2) is 53.6 Å². The van der Waals surface area contributed by atoms with Crippen LogP contribution in [0, 0.1) is 0 Å². The SMILES string of the molecule is CCN(CC)c1ccc(/C=N/N2CCN(Cc3ccccc3)CC2)c(O)c1. The highest BCUT2D eigenvalue weighted by Crippen LogP contribution is 2.23. The van der Waals surface area contributed by atoms with Crippen molar-refractivity contribution in [1.29, 1.82) is 0 Å². The molecule has 0 aromatic heterocycles. The van der Waals surface area contributed by atoms with Crippen LogP contribution in [-0.4, -0.2) is 60.5 Å². The van der Waals surface area contributed by atoms with Gasteiger partial charge in [0.1, 0.15) is 5.75 Å². The molecule has 144 valence electrons. The fraction of sp³-hybridized carbons (Fsp3) is 0.409. The van der Waals surface area contributed by atoms with Crippen LogP contribution in [0.25, 0.3) is 0 Å². The number of hydrazone groups is 1. The summed E-state index contributed by atoms with van der Waals surface area (Å²) >= 11 is 0. The van der Waals surface area contributed by atoms with E-state index in [2.05, 4.69) is 64.1 Å². The predicted molar refractivity (Wildman–Crippen MR) is 113 cm³/mol. The summed E-state index contributed by atoms with van der Waals surface area (Å²) < 4.78 is 0. The molecule has 0 unspecified atom stereocenters. The lowest BCUT2D eigenvalue weighted by molar-refractivity contribution is 0.131. The Morgan fingerprint density at radius 2 is 1.70 bits per heavy atom. The largest absolute Gasteiger partial charge is 0.507 e. The molecule has 1 N–H and O–H groups in total. The van der Waals surface area contributed by atoms with E-state index in [0.29, 0.717) is 0 Å². The van der Waals surface area contributed by atoms with E-state index in [-0.39, 0.29) is 5.75 Å². The third kappa shape index (κ3) is 5.23. The van der Waals surface area contributed by atoms with Gasteiger partial charge in [0.25, 0.3) is 0 Å². The highest BCUT2D eigenvalue weighted by Gasteiger charge is 2.15. The van der Waals surface area contributed by atoms with Gasteiger partial charge in [-0.05, 0) is 31.5 Å². The van der Waals surface area contributed by atoms with Crippen LogP contribution in [0.3, 0.4) is 0 Å². The molecule has 0 atom stereocenters. The van der Waals surface area contributed by atoms with Gasteiger partial charge in [-0.3, -0.25) is 9.91 Å². The third-order valence-corrected chi connectivity index (χ3v) is 5.10. The molecule has 0 saturated carbocycles. The Kier molecular flexibility index (Phi) is 6.71. The van der Waals surface area contributed by atoms with E-state index in [1.807, 2.05) is 18.2 Å². The number of nitrogens with zero attached hydrogens (tertiary/aromatic N) is 4. The molecule has 0 aliphatic carbocycles. The number of hydrogen-bond donors (Lipinski definition) is 1. The second-order valence-corrected chi connectivity index (χ2v) is 6.88. The normalized spacial score (nSPS) is 15.4. The maximum absolute atomic E-state index is 10.3. The van der Waals surface area contributed by atoms with Gasteiger partial charge in [0.2, 0.25) is 0 Å². The fourth-order valence-electron chi connectivity index (χ4n) is 3.42. The zero-order valence-electron chi connectivity index (χ0n) is 16.4. The van der Waals surface area contributed by atoms with Gasteiger partial charge in [-0.15, -0.1) is 0 Å². The van der Waals surface area contributed by atoms with Crippen molar-refractivity contribution in [2.45, 2.75) is 20.4 Å². The molecule has 0 radical (unpaired) electrons. The first-order valence-corrected chi connectivity index (χ1v) is 9.82. The van der Waals surface area contributed by atoms with Crippen molar-refractivity contribution in [2.24, 2.45) is 5.10 Å². The number of hydrogen-bond acceptors (Lipinski definition) is 5. The maximum atomic E-state index is 10.3. The van der Waals surface area contributed by atoms with E-state index in [4.69, 9.17) is 0 Å². The Labute approximate surface area is 162 Å². The van der Waals surface area contributed by atoms with Crippen molar-refractivity contribution >= 4 is 11.9 Å². The van der Waals surface area contributed by atoms with Gasteiger partial charge in [0.05, 0.1) is 6.21 Å². The van der Waals surface area contributed by atoms with E-state index < -0.39 is 0 Å². The van der Waals surface area contributed by atoms with E-state index in [0.717, 1.165) is 57.1 Å². The Hall–Kier alpha value is -2.53. The minimum atomic E-state index is 0.283. The molecule has 5 heteroatoms. The first-order chi connectivity index (χ1) is 13.2. The number of piperazine rings is 1. The summed E-state index contributed by atoms with van der Waals surface area (Å²) in [7, 11) is 0. The summed E-state index contributed by atoms with van der Waals surface area (Å²) in [4.78, 5) is 4.67. The zero-order chi connectivity index (χ0) is 19.1. The van der Waals surface area contributed by atoms with Crippen molar-refractivity contribution in [3.63, 3.8) is 0 Å². The number of anilines is 1. The zero-order valence-corrected chi connectivity index (χ0v) is 16.4. The van der Waals surface area contributed by atoms with E-state index >= 15 is 0 Å². The molecule has 0 spiro atoms. The highest BCUT2D eigenvalue weighted by molar-refractivity contribution is 5.84. The van der Waals surface area contributed by atoms with Crippen molar-refractivity contribution in [2.75, 3.05) is 44.2 Å². The van der Waals surface area contributed by atoms with Crippen molar-refractivity contribution in [3.05, 3.63) is 59.7 Å². The van der Waals surface area contributed by atoms with Gasteiger partial charge in [-0.2, -0.15) is 5.10 Å². The summed E-state index contributed by atoms with van der Waals surface area (Å²) in [6.07, 6.45) is 1.77. The monoisotopic (exact) mass is 366 g/mol. The van der Waals surface area contributed by atoms with Gasteiger partial charge < -0.3 is 10.0 Å². The van der Waals surface area contributed by atoms with Gasteiger partial charge >= 0.3 is 0 Å². The summed E-state index contributed by atoms with van der Waals surface area (Å²) in [5.74, 6) is 0.283. The van der Waals surface area contributed by atoms with Crippen LogP contribution in [0.1, 0.15) is 25.0 Å². The number of aromatic hydroxyl groups is 1. The number of rotatable bonds is 7. The molecule has 1 fully saturated rings. The van der Waals surface area contributed by atoms with Crippen LogP contribution >= 0.6 is 0 Å². The minimum absolute atomic E-state index is 0.283. The molecule has 5 nitrogen and oxygen atoms in total. The molecule has 0 bridgehead atoms. The van der Waals surface area contributed by atoms with Gasteiger partial charge in [-0.1, -0.05) is 30.3 Å². The molecule has 2 aromatic carbocycles. The molecule has 0 amide bonds. The molecule has 1 saturated heterocycles. The third-order valence-electron chi connectivity index (χ3n) is 5.10. The average Bonchev–Trinajstić information content (AvgIpc) is 2.70. The van der Waals surface area contributed by atoms with Crippen LogP contribution in [0.4, 0.5) is 5.69 Å². The minimum Gasteiger partial charge on any atom is -0.507 e. The predicted octanol–water partition coefficient (Wildman–Crippen LogP) is 3.39. The molecular formula is C22H30N4O. The Balaban J connectivity index is 1.53. The first kappa shape index (κ1) is 19.2. The molecule has 1 aliphatic heterocycles. The topological polar surface area (TPSA) is 42.3 Å². The molecule has 2 aromatic rings. The first-order valence-electron chi connectivity index (χ1n) is 9.82. The number of phenolic OH excluding ortho intramolecular Hbond substituents is 1. The van der Waals surface area contributed by atoms with Crippen molar-refractivity contribution < 1.29 is 5.11 Å². The highest BCUT2D eigenvalue weighted by atomic mass is 16.3. The van der Waals surface area contributed by atoms with Crippen LogP contribution in [-0.2, 0) is 6.54 Å². The maximum Gasteiger partial charge on any atom is 0.126 e. The second-order valence-electron chi connectivity index (χ2n) is 6.88. The van der Waals surface area contributed by atoms with E-state index in [1.165, 1.54) is 5.56 Å². The lowest BCUT2D eigenvalue weighted by Crippen LogP contribution is -2.43. The van der Waals surface area contributed by atoms with Crippen LogP contribution < -0.4 is 4.90 Å². The van der Waals surface area contributed by atoms with Crippen molar-refractivity contribution in [1.82, 2.24) is 9.91 Å². The fourth-order valence-corrected chi connectivity index (χ4v) is 3.42. The lowest BCUT2D eigenvalue weighted by Gasteiger charge is -2.33. The summed E-state index contributed by atoms with van der Waals surface area (Å²) in [6, 6.07) is 16.4. The molecular weight excluding hydrogens is 336 g/mol. The van der Waals surface area contributed by atoms with Crippen molar-refractivity contribution in [3.8, 4) is 5.75 Å². The summed E-state index contributed by atoms with van der Waals surface area (Å²) in [5, 5.41) is 17.0. The lowest BCUT2D eigenvalue weighted by atomic mass is 10.2. The Bertz CT molecular complexity index is 735. The van der Waals surface area contributed by atoms with Gasteiger partial charge in [0.15, 0.2) is 0 Å². The van der Waals surface area contributed by atoms with Gasteiger partial charge in [0, 0.05) is 63.1 Å². The second kappa shape index (κ2) is 9.42. The van der Waals surface area contributed by atoms with Crippen LogP contribution in [0.2, 0.25) is 0 Å². The summed E-state index contributed by atoms with van der Waals surface area (Å²) in [6.45, 7) is 10.9. The average molecular weight is 367 g/mol. The smallest absolute Gasteiger partial charge is 0.126 e. The van der Waals surface area contributed by atoms with Crippen LogP contribution in [0.5, 0.6) is 5.75 Å². The Morgan fingerprint density at radius 3 is 2.33 bits per heavy atom. The summed E-state index contributed by atoms with van der Waals surface area (Å²) in [5.41, 5.74) is 3.16. The Morgan fingerprint density at radius 1 is 1.00 bits per heavy atom. The standard InChI is InChI=1S/C22H30N4O/c1-3-25(4-2)21-11-10-20(22(27)16-21)17-23-26-14-12-24(13-15-26)18-19-8-6-5-7-9-19/h5-11,16-17,27H,3-4,12-15,18H2,1-2H3/b23-17+. The molecule has 27 heavy (non-hydrogen) atoms. The quantitative estimate of drug-likeness (QED) is 0.763. The molecule has 1 heterocycles. The van der Waals surface area contributed by atoms with E-state index in [1.54, 1.807) is 6.21 Å². The molecule has 3 rings (SSSR count). The number of benzene rings is 2. The van der Waals surface area contributed by atoms with Gasteiger partial charge in [-0.25, -0.2) is 0 Å².